The van der Waals surface area contributed by atoms with E-state index in [0.717, 1.165) is 69.3 Å². The lowest BCUT2D eigenvalue weighted by Crippen LogP contribution is -2.50. The summed E-state index contributed by atoms with van der Waals surface area (Å²) in [6, 6.07) is 8.41. The van der Waals surface area contributed by atoms with Crippen LogP contribution in [0.25, 0.3) is 11.0 Å². The van der Waals surface area contributed by atoms with Gasteiger partial charge in [0.2, 0.25) is 0 Å². The van der Waals surface area contributed by atoms with Gasteiger partial charge in [-0.1, -0.05) is 12.1 Å². The number of hydrogen-bond acceptors (Lipinski definition) is 6. The average Bonchev–Trinajstić information content (AvgIpc) is 3.17. The number of fused-ring (bicyclic) bond motifs is 1. The van der Waals surface area contributed by atoms with Gasteiger partial charge in [-0.2, -0.15) is 0 Å². The van der Waals surface area contributed by atoms with E-state index in [1.165, 1.54) is 0 Å². The zero-order valence-corrected chi connectivity index (χ0v) is 13.9. The molecule has 0 spiro atoms. The molecule has 0 aliphatic carbocycles. The van der Waals surface area contributed by atoms with Crippen molar-refractivity contribution < 1.29 is 9.47 Å². The first-order valence-corrected chi connectivity index (χ1v) is 8.75. The monoisotopic (exact) mass is 328 g/mol. The Kier molecular flexibility index (Phi) is 4.87. The molecule has 3 heterocycles. The van der Waals surface area contributed by atoms with Crippen LogP contribution in [0.1, 0.15) is 6.42 Å². The van der Waals surface area contributed by atoms with Gasteiger partial charge in [0.1, 0.15) is 5.82 Å². The quantitative estimate of drug-likeness (QED) is 0.903. The van der Waals surface area contributed by atoms with E-state index < -0.39 is 0 Å². The molecule has 2 atom stereocenters. The Morgan fingerprint density at radius 3 is 2.75 bits per heavy atom. The molecular weight excluding hydrogens is 304 g/mol. The first-order chi connectivity index (χ1) is 11.9. The number of para-hydroxylation sites is 2. The predicted octanol–water partition coefficient (Wildman–Crippen LogP) is 1.78. The molecule has 0 amide bonds. The highest BCUT2D eigenvalue weighted by Gasteiger charge is 2.31. The molecule has 2 saturated heterocycles. The summed E-state index contributed by atoms with van der Waals surface area (Å²) in [5.74, 6) is 1.41. The highest BCUT2D eigenvalue weighted by atomic mass is 16.5. The summed E-state index contributed by atoms with van der Waals surface area (Å²) in [7, 11) is 0. The van der Waals surface area contributed by atoms with Crippen LogP contribution in [-0.2, 0) is 9.47 Å². The fraction of sp³-hybridized carbons (Fsp3) is 0.556. The molecule has 1 aromatic heterocycles. The van der Waals surface area contributed by atoms with E-state index in [9.17, 15) is 0 Å². The lowest BCUT2D eigenvalue weighted by molar-refractivity contribution is 0.00460. The normalized spacial score (nSPS) is 23.4. The maximum absolute atomic E-state index is 5.62. The third-order valence-electron chi connectivity index (χ3n) is 4.96. The average molecular weight is 328 g/mol. The van der Waals surface area contributed by atoms with Crippen molar-refractivity contribution in [3.63, 3.8) is 0 Å². The van der Waals surface area contributed by atoms with E-state index in [1.807, 2.05) is 30.5 Å². The second-order valence-electron chi connectivity index (χ2n) is 6.46. The summed E-state index contributed by atoms with van der Waals surface area (Å²) in [5, 5.41) is 3.50. The Balaban J connectivity index is 1.46. The van der Waals surface area contributed by atoms with Crippen LogP contribution in [0.3, 0.4) is 0 Å². The van der Waals surface area contributed by atoms with Gasteiger partial charge in [0.05, 0.1) is 37.1 Å². The Labute approximate surface area is 142 Å². The molecule has 6 nitrogen and oxygen atoms in total. The number of rotatable bonds is 5. The van der Waals surface area contributed by atoms with Crippen molar-refractivity contribution in [2.24, 2.45) is 5.92 Å². The Morgan fingerprint density at radius 1 is 1.12 bits per heavy atom. The molecule has 0 radical (unpaired) electrons. The smallest absolute Gasteiger partial charge is 0.145 e. The van der Waals surface area contributed by atoms with Crippen molar-refractivity contribution in [3.05, 3.63) is 30.5 Å². The lowest BCUT2D eigenvalue weighted by atomic mass is 9.97. The third kappa shape index (κ3) is 3.50. The Morgan fingerprint density at radius 2 is 1.96 bits per heavy atom. The zero-order valence-electron chi connectivity index (χ0n) is 13.9. The molecule has 0 bridgehead atoms. The van der Waals surface area contributed by atoms with E-state index in [-0.39, 0.29) is 0 Å². The van der Waals surface area contributed by atoms with Crippen LogP contribution >= 0.6 is 0 Å². The number of nitrogens with zero attached hydrogens (tertiary/aromatic N) is 3. The third-order valence-corrected chi connectivity index (χ3v) is 4.96. The number of hydrogen-bond donors (Lipinski definition) is 1. The molecule has 2 aromatic rings. The van der Waals surface area contributed by atoms with Gasteiger partial charge >= 0.3 is 0 Å². The highest BCUT2D eigenvalue weighted by molar-refractivity contribution is 5.75. The predicted molar refractivity (Wildman–Crippen MR) is 93.1 cm³/mol. The number of ether oxygens (including phenoxy) is 2. The second kappa shape index (κ2) is 7.42. The van der Waals surface area contributed by atoms with Crippen LogP contribution < -0.4 is 5.32 Å². The van der Waals surface area contributed by atoms with Crippen LogP contribution in [0.4, 0.5) is 5.82 Å². The van der Waals surface area contributed by atoms with Crippen molar-refractivity contribution in [3.8, 4) is 0 Å². The maximum atomic E-state index is 5.62. The van der Waals surface area contributed by atoms with Gasteiger partial charge < -0.3 is 14.8 Å². The number of anilines is 1. The van der Waals surface area contributed by atoms with Crippen molar-refractivity contribution in [2.75, 3.05) is 51.4 Å². The summed E-state index contributed by atoms with van der Waals surface area (Å²) >= 11 is 0. The zero-order chi connectivity index (χ0) is 16.2. The summed E-state index contributed by atoms with van der Waals surface area (Å²) in [4.78, 5) is 11.7. The van der Waals surface area contributed by atoms with Gasteiger partial charge in [0.15, 0.2) is 0 Å². The van der Waals surface area contributed by atoms with Gasteiger partial charge in [0, 0.05) is 38.2 Å². The summed E-state index contributed by atoms with van der Waals surface area (Å²) in [6.45, 7) is 6.22. The van der Waals surface area contributed by atoms with Gasteiger partial charge in [-0.05, 0) is 18.6 Å². The van der Waals surface area contributed by atoms with Crippen molar-refractivity contribution in [1.29, 1.82) is 0 Å². The number of benzene rings is 1. The van der Waals surface area contributed by atoms with Crippen LogP contribution in [0.5, 0.6) is 0 Å². The maximum Gasteiger partial charge on any atom is 0.145 e. The van der Waals surface area contributed by atoms with Gasteiger partial charge in [0.25, 0.3) is 0 Å². The largest absolute Gasteiger partial charge is 0.381 e. The highest BCUT2D eigenvalue weighted by Crippen LogP contribution is 2.23. The molecule has 128 valence electrons. The van der Waals surface area contributed by atoms with E-state index in [1.54, 1.807) is 0 Å². The molecule has 2 aliphatic rings. The number of aromatic nitrogens is 2. The molecule has 2 fully saturated rings. The summed E-state index contributed by atoms with van der Waals surface area (Å²) in [6.07, 6.45) is 2.96. The van der Waals surface area contributed by atoms with Gasteiger partial charge in [-0.3, -0.25) is 9.88 Å². The van der Waals surface area contributed by atoms with Crippen LogP contribution in [-0.4, -0.2) is 67.0 Å². The first kappa shape index (κ1) is 15.7. The van der Waals surface area contributed by atoms with E-state index in [4.69, 9.17) is 9.47 Å². The van der Waals surface area contributed by atoms with Gasteiger partial charge in [-0.25, -0.2) is 4.98 Å². The van der Waals surface area contributed by atoms with E-state index >= 15 is 0 Å². The molecule has 1 N–H and O–H groups in total. The van der Waals surface area contributed by atoms with E-state index in [2.05, 4.69) is 20.2 Å². The van der Waals surface area contributed by atoms with Crippen molar-refractivity contribution >= 4 is 16.9 Å². The summed E-state index contributed by atoms with van der Waals surface area (Å²) < 4.78 is 11.1. The molecule has 0 unspecified atom stereocenters. The lowest BCUT2D eigenvalue weighted by Gasteiger charge is -2.37. The number of nitrogens with one attached hydrogen (secondary N) is 1. The van der Waals surface area contributed by atoms with Crippen LogP contribution in [0.2, 0.25) is 0 Å². The SMILES string of the molecule is c1ccc2nc(NC[C@@H]([C@H]3CCOC3)N3CCOCC3)cnc2c1. The minimum Gasteiger partial charge on any atom is -0.381 e. The van der Waals surface area contributed by atoms with Crippen molar-refractivity contribution in [1.82, 2.24) is 14.9 Å². The second-order valence-corrected chi connectivity index (χ2v) is 6.46. The number of morpholine rings is 1. The molecule has 24 heavy (non-hydrogen) atoms. The molecule has 1 aromatic carbocycles. The Hall–Kier alpha value is -1.76. The summed E-state index contributed by atoms with van der Waals surface area (Å²) in [5.41, 5.74) is 1.85. The fourth-order valence-electron chi connectivity index (χ4n) is 3.61. The van der Waals surface area contributed by atoms with Crippen LogP contribution in [0.15, 0.2) is 30.5 Å². The minimum atomic E-state index is 0.449. The standard InChI is InChI=1S/C18H24N4O2/c1-2-4-16-15(3-1)19-12-18(21-16)20-11-17(14-5-8-24-13-14)22-6-9-23-10-7-22/h1-4,12,14,17H,5-11,13H2,(H,20,21)/t14-,17-/m0/s1. The topological polar surface area (TPSA) is 59.5 Å². The molecule has 6 heteroatoms. The van der Waals surface area contributed by atoms with Crippen molar-refractivity contribution in [2.45, 2.75) is 12.5 Å². The minimum absolute atomic E-state index is 0.449. The van der Waals surface area contributed by atoms with E-state index in [0.29, 0.717) is 12.0 Å². The van der Waals surface area contributed by atoms with Crippen LogP contribution in [0, 0.1) is 5.92 Å². The molecule has 2 aliphatic heterocycles. The van der Waals surface area contributed by atoms with Gasteiger partial charge in [-0.15, -0.1) is 0 Å². The molecular formula is C18H24N4O2. The molecule has 4 rings (SSSR count). The Bertz CT molecular complexity index is 669. The first-order valence-electron chi connectivity index (χ1n) is 8.75. The molecule has 0 saturated carbocycles. The fourth-order valence-corrected chi connectivity index (χ4v) is 3.61.